The molecule has 6 heterocycles. The molecule has 9 rings (SSSR count). The second-order valence-electron chi connectivity index (χ2n) is 16.4. The Bertz CT molecular complexity index is 2230. The van der Waals surface area contributed by atoms with Crippen LogP contribution in [0.5, 0.6) is 0 Å². The van der Waals surface area contributed by atoms with Gasteiger partial charge in [0.1, 0.15) is 6.04 Å². The third-order valence-electron chi connectivity index (χ3n) is 12.5. The summed E-state index contributed by atoms with van der Waals surface area (Å²) < 4.78 is 7.13. The highest BCUT2D eigenvalue weighted by Crippen LogP contribution is 2.41. The van der Waals surface area contributed by atoms with Crippen LogP contribution in [0.4, 0.5) is 39.9 Å². The molecule has 318 valence electrons. The Morgan fingerprint density at radius 3 is 2.37 bits per heavy atom. The number of carbonyl (C=O) groups excluding carboxylic acids is 4. The van der Waals surface area contributed by atoms with Gasteiger partial charge < -0.3 is 39.9 Å². The van der Waals surface area contributed by atoms with Gasteiger partial charge in [-0.2, -0.15) is 0 Å². The second-order valence-corrected chi connectivity index (χ2v) is 16.4. The molecule has 4 amide bonds. The highest BCUT2D eigenvalue weighted by atomic mass is 16.5. The number of methoxy groups -OCH3 is 1. The zero-order valence-electron chi connectivity index (χ0n) is 35.2. The van der Waals surface area contributed by atoms with Crippen LogP contribution in [0.2, 0.25) is 0 Å². The molecule has 1 aliphatic carbocycles. The summed E-state index contributed by atoms with van der Waals surface area (Å²) in [7, 11) is 7.15. The van der Waals surface area contributed by atoms with Crippen molar-refractivity contribution >= 4 is 69.7 Å². The van der Waals surface area contributed by atoms with Crippen LogP contribution in [0.1, 0.15) is 73.8 Å². The topological polar surface area (TPSA) is 160 Å². The van der Waals surface area contributed by atoms with Crippen LogP contribution in [0.25, 0.3) is 5.65 Å². The van der Waals surface area contributed by atoms with Crippen LogP contribution in [0.3, 0.4) is 0 Å². The summed E-state index contributed by atoms with van der Waals surface area (Å²) in [4.78, 5) is 62.9. The lowest BCUT2D eigenvalue weighted by atomic mass is 10.0. The molecular formula is C44H57N11O5. The Morgan fingerprint density at radius 1 is 0.900 bits per heavy atom. The maximum Gasteiger partial charge on any atom is 0.271 e. The number of benzene rings is 2. The zero-order chi connectivity index (χ0) is 41.9. The number of imide groups is 1. The molecule has 16 nitrogen and oxygen atoms in total. The summed E-state index contributed by atoms with van der Waals surface area (Å²) in [5.41, 5.74) is 8.54. The number of hydrogen-bond acceptors (Lipinski definition) is 12. The van der Waals surface area contributed by atoms with E-state index in [0.717, 1.165) is 99.8 Å². The van der Waals surface area contributed by atoms with Crippen molar-refractivity contribution in [2.75, 3.05) is 90.8 Å². The molecule has 0 radical (unpaired) electrons. The van der Waals surface area contributed by atoms with Crippen LogP contribution in [0.15, 0.2) is 48.7 Å². The number of nitrogens with one attached hydrogen (secondary N) is 3. The number of carbonyl (C=O) groups is 4. The van der Waals surface area contributed by atoms with E-state index in [9.17, 15) is 19.2 Å². The van der Waals surface area contributed by atoms with Gasteiger partial charge in [-0.05, 0) is 88.1 Å². The van der Waals surface area contributed by atoms with Crippen molar-refractivity contribution in [2.24, 2.45) is 0 Å². The predicted molar refractivity (Wildman–Crippen MR) is 234 cm³/mol. The van der Waals surface area contributed by atoms with Crippen LogP contribution < -0.4 is 40.4 Å². The van der Waals surface area contributed by atoms with Crippen LogP contribution in [-0.2, 0) is 25.5 Å². The molecule has 2 aromatic carbocycles. The Balaban J connectivity index is 0.000000168. The number of piperidine rings is 3. The number of aromatic nitrogens is 3. The molecule has 0 spiro atoms. The minimum Gasteiger partial charge on any atom is -0.385 e. The van der Waals surface area contributed by atoms with Crippen LogP contribution in [0, 0.1) is 0 Å². The summed E-state index contributed by atoms with van der Waals surface area (Å²) in [6, 6.07) is 14.4. The number of imidazole rings is 1. The first-order valence-corrected chi connectivity index (χ1v) is 21.4. The molecular weight excluding hydrogens is 763 g/mol. The molecule has 4 aliphatic heterocycles. The van der Waals surface area contributed by atoms with Gasteiger partial charge in [-0.3, -0.25) is 24.5 Å². The summed E-state index contributed by atoms with van der Waals surface area (Å²) in [6.45, 7) is 4.94. The lowest BCUT2D eigenvalue weighted by Crippen LogP contribution is -2.51. The lowest BCUT2D eigenvalue weighted by molar-refractivity contribution is -0.134. The molecule has 1 atom stereocenters. The van der Waals surface area contributed by atoms with Crippen molar-refractivity contribution < 1.29 is 23.9 Å². The van der Waals surface area contributed by atoms with E-state index in [2.05, 4.69) is 53.8 Å². The Morgan fingerprint density at radius 2 is 1.67 bits per heavy atom. The number of fused-ring (bicyclic) bond motifs is 2. The van der Waals surface area contributed by atoms with Crippen molar-refractivity contribution in [3.05, 3.63) is 59.9 Å². The fourth-order valence-corrected chi connectivity index (χ4v) is 8.91. The molecule has 0 bridgehead atoms. The van der Waals surface area contributed by atoms with E-state index in [1.165, 1.54) is 41.1 Å². The first-order valence-electron chi connectivity index (χ1n) is 21.4. The predicted octanol–water partition coefficient (Wildman–Crippen LogP) is 4.48. The van der Waals surface area contributed by atoms with Gasteiger partial charge in [0.25, 0.3) is 5.91 Å². The molecule has 3 N–H and O–H groups in total. The fraction of sp³-hybridized carbons (Fsp3) is 0.500. The minimum absolute atomic E-state index is 0.110. The smallest absolute Gasteiger partial charge is 0.271 e. The molecule has 1 saturated carbocycles. The van der Waals surface area contributed by atoms with E-state index < -0.39 is 6.04 Å². The van der Waals surface area contributed by atoms with Crippen LogP contribution in [-0.4, -0.2) is 118 Å². The number of likely N-dealkylation sites (N-methyl/N-ethyl adjacent to an activating group) is 1. The Hall–Kier alpha value is -5.90. The van der Waals surface area contributed by atoms with Crippen molar-refractivity contribution in [2.45, 2.75) is 82.4 Å². The van der Waals surface area contributed by atoms with Crippen molar-refractivity contribution in [3.63, 3.8) is 0 Å². The quantitative estimate of drug-likeness (QED) is 0.144. The largest absolute Gasteiger partial charge is 0.385 e. The third-order valence-corrected chi connectivity index (χ3v) is 12.5. The van der Waals surface area contributed by atoms with E-state index >= 15 is 0 Å². The third kappa shape index (κ3) is 8.42. The number of rotatable bonds is 11. The molecule has 4 aromatic rings. The van der Waals surface area contributed by atoms with Gasteiger partial charge >= 0.3 is 0 Å². The monoisotopic (exact) mass is 819 g/mol. The Labute approximate surface area is 351 Å². The summed E-state index contributed by atoms with van der Waals surface area (Å²) in [6.07, 6.45) is 12.3. The standard InChI is InChI=1S/C24H29N7O.C20H28N4O4/c1-25-18-14-22(28-31-21(15-26-23(18)31)24(32)27-16-8-9-16)30-13-10-17-19(6-5-7-20(17)30)29-11-3-2-4-12-29;1-22(13-25)18-12-14(24-10-8-15(28-3)9-11-24)4-5-16(18)23(2)17-6-7-19(26)21-20(17)27/h5-7,14-16,25H,2-4,8-13H2,1H3,(H,27,32);4-5,12-13,15,17H,6-11H2,1-3H3,(H,21,26,27). The molecule has 1 unspecified atom stereocenters. The highest BCUT2D eigenvalue weighted by Gasteiger charge is 2.33. The SMILES string of the molecule is CNc1cc(N2CCc3c(N4CCCCC4)cccc32)nn2c(C(=O)NC3CC3)cnc12.COC1CCN(c2ccc(N(C)C3CCC(=O)NC3=O)c(N(C)C=O)c2)CC1. The summed E-state index contributed by atoms with van der Waals surface area (Å²) >= 11 is 0. The van der Waals surface area contributed by atoms with Gasteiger partial charge in [0, 0.05) is 102 Å². The molecule has 2 aromatic heterocycles. The van der Waals surface area contributed by atoms with E-state index in [0.29, 0.717) is 36.3 Å². The second kappa shape index (κ2) is 17.8. The van der Waals surface area contributed by atoms with Gasteiger partial charge in [0.15, 0.2) is 17.2 Å². The van der Waals surface area contributed by atoms with E-state index in [1.807, 2.05) is 43.3 Å². The molecule has 3 saturated heterocycles. The van der Waals surface area contributed by atoms with E-state index in [4.69, 9.17) is 9.84 Å². The minimum atomic E-state index is -0.445. The highest BCUT2D eigenvalue weighted by molar-refractivity contribution is 6.02. The average molecular weight is 820 g/mol. The maximum absolute atomic E-state index is 12.8. The normalized spacial score (nSPS) is 19.3. The molecule has 4 fully saturated rings. The van der Waals surface area contributed by atoms with Gasteiger partial charge in [0.2, 0.25) is 18.2 Å². The summed E-state index contributed by atoms with van der Waals surface area (Å²) in [5.74, 6) is 0.176. The maximum atomic E-state index is 12.8. The summed E-state index contributed by atoms with van der Waals surface area (Å²) in [5, 5.41) is 13.6. The first-order chi connectivity index (χ1) is 29.2. The first kappa shape index (κ1) is 40.9. The molecule has 60 heavy (non-hydrogen) atoms. The van der Waals surface area contributed by atoms with E-state index in [1.54, 1.807) is 24.9 Å². The van der Waals surface area contributed by atoms with Crippen molar-refractivity contribution in [3.8, 4) is 0 Å². The average Bonchev–Trinajstić information content (AvgIpc) is 3.81. The number of ether oxygens (including phenoxy) is 1. The fourth-order valence-electron chi connectivity index (χ4n) is 8.91. The zero-order valence-corrected chi connectivity index (χ0v) is 35.2. The Kier molecular flexibility index (Phi) is 12.1. The number of anilines is 7. The number of hydrogen-bond donors (Lipinski definition) is 3. The number of amides is 4. The van der Waals surface area contributed by atoms with Gasteiger partial charge in [-0.1, -0.05) is 6.07 Å². The number of nitrogens with zero attached hydrogens (tertiary/aromatic N) is 8. The van der Waals surface area contributed by atoms with Gasteiger partial charge in [-0.25, -0.2) is 9.50 Å². The molecule has 5 aliphatic rings. The molecule has 16 heteroatoms. The van der Waals surface area contributed by atoms with Gasteiger partial charge in [-0.15, -0.1) is 5.10 Å². The van der Waals surface area contributed by atoms with E-state index in [-0.39, 0.29) is 17.7 Å². The van der Waals surface area contributed by atoms with Crippen molar-refractivity contribution in [1.82, 2.24) is 25.2 Å². The van der Waals surface area contributed by atoms with Crippen LogP contribution >= 0.6 is 0 Å². The lowest BCUT2D eigenvalue weighted by Gasteiger charge is -2.36. The van der Waals surface area contributed by atoms with Gasteiger partial charge in [0.05, 0.1) is 29.4 Å². The van der Waals surface area contributed by atoms with Crippen molar-refractivity contribution in [1.29, 1.82) is 0 Å².